The Balaban J connectivity index is 1.65. The molecule has 3 aromatic rings. The molecule has 0 aliphatic heterocycles. The maximum absolute atomic E-state index is 13.3. The van der Waals surface area contributed by atoms with Crippen molar-refractivity contribution in [3.8, 4) is 5.88 Å². The molecule has 4 rings (SSSR count). The first-order chi connectivity index (χ1) is 13.4. The van der Waals surface area contributed by atoms with E-state index in [9.17, 15) is 18.4 Å². The van der Waals surface area contributed by atoms with Crippen molar-refractivity contribution in [1.82, 2.24) is 19.7 Å². The number of hydrogen-bond donors (Lipinski definition) is 1. The van der Waals surface area contributed by atoms with Crippen molar-refractivity contribution in [2.75, 3.05) is 5.32 Å². The zero-order valence-electron chi connectivity index (χ0n) is 14.3. The summed E-state index contributed by atoms with van der Waals surface area (Å²) in [5.41, 5.74) is -0.166. The van der Waals surface area contributed by atoms with Gasteiger partial charge < -0.3 is 4.74 Å². The summed E-state index contributed by atoms with van der Waals surface area (Å²) in [4.78, 5) is 32.1. The molecule has 1 fully saturated rings. The summed E-state index contributed by atoms with van der Waals surface area (Å²) in [5, 5.41) is 6.94. The van der Waals surface area contributed by atoms with E-state index in [-0.39, 0.29) is 23.6 Å². The average molecular weight is 383 g/mol. The summed E-state index contributed by atoms with van der Waals surface area (Å²) < 4.78 is 32.5. The monoisotopic (exact) mass is 383 g/mol. The molecular formula is C17H12BF2N5O3. The minimum Gasteiger partial charge on any atom is -0.470 e. The van der Waals surface area contributed by atoms with Crippen LogP contribution < -0.4 is 21.1 Å². The maximum atomic E-state index is 13.3. The molecule has 1 amide bonds. The van der Waals surface area contributed by atoms with Gasteiger partial charge in [-0.2, -0.15) is 0 Å². The van der Waals surface area contributed by atoms with Gasteiger partial charge in [-0.1, -0.05) is 17.6 Å². The number of rotatable bonds is 5. The predicted molar refractivity (Wildman–Crippen MR) is 95.9 cm³/mol. The highest BCUT2D eigenvalue weighted by Crippen LogP contribution is 2.32. The SMILES string of the molecule is [B]c1ccc2c(=O)n(CC(=O)Nc3ncc(F)cn3)nc(O[C@H]3CC3F)c2c1. The molecule has 2 aromatic heterocycles. The van der Waals surface area contributed by atoms with E-state index in [1.54, 1.807) is 0 Å². The Hall–Kier alpha value is -3.37. The summed E-state index contributed by atoms with van der Waals surface area (Å²) in [6, 6.07) is 4.52. The number of nitrogens with one attached hydrogen (secondary N) is 1. The Morgan fingerprint density at radius 3 is 2.71 bits per heavy atom. The first-order valence-corrected chi connectivity index (χ1v) is 8.29. The quantitative estimate of drug-likeness (QED) is 0.635. The van der Waals surface area contributed by atoms with Gasteiger partial charge in [-0.15, -0.1) is 5.10 Å². The normalized spacial score (nSPS) is 18.1. The van der Waals surface area contributed by atoms with Crippen molar-refractivity contribution < 1.29 is 18.3 Å². The number of amides is 1. The van der Waals surface area contributed by atoms with Gasteiger partial charge in [0.1, 0.15) is 26.7 Å². The van der Waals surface area contributed by atoms with Gasteiger partial charge in [0.25, 0.3) is 5.56 Å². The molecular weight excluding hydrogens is 371 g/mol. The van der Waals surface area contributed by atoms with Crippen LogP contribution in [0.2, 0.25) is 0 Å². The minimum atomic E-state index is -1.10. The fourth-order valence-electron chi connectivity index (χ4n) is 2.55. The molecule has 28 heavy (non-hydrogen) atoms. The largest absolute Gasteiger partial charge is 0.470 e. The highest BCUT2D eigenvalue weighted by atomic mass is 19.1. The molecule has 2 heterocycles. The number of benzene rings is 1. The van der Waals surface area contributed by atoms with Crippen LogP contribution in [0.25, 0.3) is 10.8 Å². The second-order valence-corrected chi connectivity index (χ2v) is 6.25. The molecule has 11 heteroatoms. The van der Waals surface area contributed by atoms with Crippen LogP contribution in [0.15, 0.2) is 35.4 Å². The Kier molecular flexibility index (Phi) is 4.50. The van der Waals surface area contributed by atoms with Gasteiger partial charge >= 0.3 is 0 Å². The van der Waals surface area contributed by atoms with Crippen molar-refractivity contribution >= 4 is 35.9 Å². The Labute approximate surface area is 158 Å². The number of ether oxygens (including phenoxy) is 1. The lowest BCUT2D eigenvalue weighted by atomic mass is 9.94. The number of hydrogen-bond acceptors (Lipinski definition) is 6. The van der Waals surface area contributed by atoms with Crippen LogP contribution in [0.3, 0.4) is 0 Å². The van der Waals surface area contributed by atoms with Crippen LogP contribution in [0, 0.1) is 5.82 Å². The fourth-order valence-corrected chi connectivity index (χ4v) is 2.55. The lowest BCUT2D eigenvalue weighted by Crippen LogP contribution is -2.31. The summed E-state index contributed by atoms with van der Waals surface area (Å²) in [7, 11) is 5.76. The minimum absolute atomic E-state index is 0.0119. The first kappa shape index (κ1) is 18.0. The number of anilines is 1. The Morgan fingerprint density at radius 2 is 2.04 bits per heavy atom. The molecule has 8 nitrogen and oxygen atoms in total. The van der Waals surface area contributed by atoms with E-state index < -0.39 is 36.1 Å². The molecule has 1 saturated carbocycles. The predicted octanol–water partition coefficient (Wildman–Crippen LogP) is 0.247. The highest BCUT2D eigenvalue weighted by molar-refractivity contribution is 6.33. The Morgan fingerprint density at radius 1 is 1.32 bits per heavy atom. The van der Waals surface area contributed by atoms with Crippen LogP contribution in [0.1, 0.15) is 6.42 Å². The smallest absolute Gasteiger partial charge is 0.275 e. The van der Waals surface area contributed by atoms with Crippen molar-refractivity contribution in [2.24, 2.45) is 0 Å². The topological polar surface area (TPSA) is 99.0 Å². The van der Waals surface area contributed by atoms with Gasteiger partial charge in [-0.05, 0) is 6.07 Å². The van der Waals surface area contributed by atoms with E-state index in [0.717, 1.165) is 17.1 Å². The number of carbonyl (C=O) groups is 1. The van der Waals surface area contributed by atoms with E-state index >= 15 is 0 Å². The highest BCUT2D eigenvalue weighted by Gasteiger charge is 2.41. The van der Waals surface area contributed by atoms with E-state index in [4.69, 9.17) is 12.6 Å². The number of fused-ring (bicyclic) bond motifs is 1. The molecule has 1 aliphatic rings. The van der Waals surface area contributed by atoms with Crippen LogP contribution in [0.4, 0.5) is 14.7 Å². The van der Waals surface area contributed by atoms with E-state index in [0.29, 0.717) is 10.8 Å². The second kappa shape index (κ2) is 6.99. The number of alkyl halides is 1. The number of aromatic nitrogens is 4. The lowest BCUT2D eigenvalue weighted by Gasteiger charge is -2.12. The van der Waals surface area contributed by atoms with Crippen molar-refractivity contribution in [1.29, 1.82) is 0 Å². The number of carbonyl (C=O) groups excluding carboxylic acids is 1. The lowest BCUT2D eigenvalue weighted by molar-refractivity contribution is -0.117. The Bertz CT molecular complexity index is 1120. The van der Waals surface area contributed by atoms with Crippen LogP contribution in [0.5, 0.6) is 5.88 Å². The third-order valence-electron chi connectivity index (χ3n) is 4.04. The third-order valence-corrected chi connectivity index (χ3v) is 4.04. The summed E-state index contributed by atoms with van der Waals surface area (Å²) in [6.45, 7) is -0.472. The maximum Gasteiger partial charge on any atom is 0.275 e. The summed E-state index contributed by atoms with van der Waals surface area (Å²) in [6.07, 6.45) is 0.263. The zero-order chi connectivity index (χ0) is 19.8. The number of halogens is 2. The van der Waals surface area contributed by atoms with Crippen LogP contribution in [-0.4, -0.2) is 45.8 Å². The van der Waals surface area contributed by atoms with Gasteiger partial charge in [-0.25, -0.2) is 23.4 Å². The zero-order valence-corrected chi connectivity index (χ0v) is 14.3. The number of nitrogens with zero attached hydrogens (tertiary/aromatic N) is 4. The second-order valence-electron chi connectivity index (χ2n) is 6.25. The van der Waals surface area contributed by atoms with Gasteiger partial charge in [0.05, 0.1) is 23.2 Å². The third kappa shape index (κ3) is 3.68. The summed E-state index contributed by atoms with van der Waals surface area (Å²) >= 11 is 0. The molecule has 1 N–H and O–H groups in total. The molecule has 0 saturated heterocycles. The van der Waals surface area contributed by atoms with Gasteiger partial charge in [-0.3, -0.25) is 14.9 Å². The van der Waals surface area contributed by atoms with Crippen molar-refractivity contribution in [2.45, 2.75) is 25.2 Å². The molecule has 1 aliphatic carbocycles. The standard InChI is InChI=1S/C17H12BF2N5O3/c18-8-1-2-10-11(3-8)15(28-13-4-12(13)20)24-25(16(10)27)7-14(26)23-17-21-5-9(19)6-22-17/h1-3,5-6,12-13H,4,7H2,(H,21,22,23,26)/t12?,13-/m0/s1. The molecule has 2 radical (unpaired) electrons. The van der Waals surface area contributed by atoms with Crippen molar-refractivity contribution in [3.05, 3.63) is 46.8 Å². The van der Waals surface area contributed by atoms with E-state index in [2.05, 4.69) is 20.4 Å². The molecule has 0 bridgehead atoms. The average Bonchev–Trinajstić information content (AvgIpc) is 3.35. The van der Waals surface area contributed by atoms with Gasteiger partial charge in [0.15, 0.2) is 5.82 Å². The van der Waals surface area contributed by atoms with Crippen molar-refractivity contribution in [3.63, 3.8) is 0 Å². The van der Waals surface area contributed by atoms with Crippen LogP contribution >= 0.6 is 0 Å². The fraction of sp³-hybridized carbons (Fsp3) is 0.235. The van der Waals surface area contributed by atoms with Gasteiger partial charge in [0.2, 0.25) is 17.7 Å². The van der Waals surface area contributed by atoms with Crippen LogP contribution in [-0.2, 0) is 11.3 Å². The summed E-state index contributed by atoms with van der Waals surface area (Å²) in [5.74, 6) is -1.42. The molecule has 0 spiro atoms. The first-order valence-electron chi connectivity index (χ1n) is 8.29. The van der Waals surface area contributed by atoms with Gasteiger partial charge in [0, 0.05) is 6.42 Å². The molecule has 140 valence electrons. The molecule has 2 atom stereocenters. The van der Waals surface area contributed by atoms with E-state index in [1.165, 1.54) is 18.2 Å². The molecule has 1 aromatic carbocycles. The molecule has 1 unspecified atom stereocenters. The van der Waals surface area contributed by atoms with E-state index in [1.807, 2.05) is 0 Å².